The number of hydrogen-bond donors (Lipinski definition) is 2. The number of likely N-dealkylation sites (N-methyl/N-ethyl adjacent to an activating group) is 1. The van der Waals surface area contributed by atoms with E-state index >= 15 is 0 Å². The molecule has 1 aliphatic carbocycles. The van der Waals surface area contributed by atoms with Crippen molar-refractivity contribution in [2.24, 2.45) is 11.8 Å². The maximum Gasteiger partial charge on any atom is 0.407 e. The molecule has 1 aliphatic heterocycles. The van der Waals surface area contributed by atoms with Gasteiger partial charge in [-0.25, -0.2) is 17.6 Å². The van der Waals surface area contributed by atoms with Gasteiger partial charge in [0, 0.05) is 26.2 Å². The van der Waals surface area contributed by atoms with Crippen LogP contribution in [0.5, 0.6) is 0 Å². The number of benzene rings is 1. The van der Waals surface area contributed by atoms with Crippen molar-refractivity contribution in [1.82, 2.24) is 14.5 Å². The largest absolute Gasteiger partial charge is 0.465 e. The molecule has 30 heavy (non-hydrogen) atoms. The number of nitrogens with zero attached hydrogens (tertiary/aromatic N) is 2. The van der Waals surface area contributed by atoms with Crippen LogP contribution in [-0.2, 0) is 14.8 Å². The summed E-state index contributed by atoms with van der Waals surface area (Å²) in [7, 11) is -2.35. The number of amides is 2. The molecule has 3 unspecified atom stereocenters. The van der Waals surface area contributed by atoms with E-state index < -0.39 is 28.0 Å². The lowest BCUT2D eigenvalue weighted by Gasteiger charge is -2.28. The molecule has 0 bridgehead atoms. The lowest BCUT2D eigenvalue weighted by molar-refractivity contribution is -0.126. The standard InChI is InChI=1S/C20H28FN3O5S/c1-3-4-18(23(2)20(26)27)19(25)22-17-10-5-13-11-24(12-16(13)17)30(28,29)15-8-6-14(21)7-9-15/h6-9,13,16-18H,3-5,10-12H2,1-2H3,(H,22,25)(H,26,27)/t13-,16?,17?,18?/m0/s1. The van der Waals surface area contributed by atoms with Gasteiger partial charge in [0.1, 0.15) is 11.9 Å². The molecule has 8 nitrogen and oxygen atoms in total. The zero-order chi connectivity index (χ0) is 22.1. The first-order valence-corrected chi connectivity index (χ1v) is 11.6. The third kappa shape index (κ3) is 4.44. The van der Waals surface area contributed by atoms with Crippen molar-refractivity contribution < 1.29 is 27.5 Å². The minimum Gasteiger partial charge on any atom is -0.465 e. The van der Waals surface area contributed by atoms with Crippen molar-refractivity contribution in [3.63, 3.8) is 0 Å². The first-order valence-electron chi connectivity index (χ1n) is 10.2. The Morgan fingerprint density at radius 2 is 1.93 bits per heavy atom. The quantitative estimate of drug-likeness (QED) is 0.674. The predicted octanol–water partition coefficient (Wildman–Crippen LogP) is 2.12. The predicted molar refractivity (Wildman–Crippen MR) is 108 cm³/mol. The van der Waals surface area contributed by atoms with E-state index in [1.54, 1.807) is 0 Å². The highest BCUT2D eigenvalue weighted by Gasteiger charge is 2.47. The van der Waals surface area contributed by atoms with E-state index in [2.05, 4.69) is 5.32 Å². The summed E-state index contributed by atoms with van der Waals surface area (Å²) in [5.41, 5.74) is 0. The molecule has 1 aromatic carbocycles. The van der Waals surface area contributed by atoms with Gasteiger partial charge in [-0.3, -0.25) is 9.69 Å². The molecule has 0 spiro atoms. The number of rotatable bonds is 7. The Kier molecular flexibility index (Phi) is 6.66. The molecule has 10 heteroatoms. The monoisotopic (exact) mass is 441 g/mol. The first-order chi connectivity index (χ1) is 14.1. The molecular formula is C20H28FN3O5S. The highest BCUT2D eigenvalue weighted by atomic mass is 32.2. The summed E-state index contributed by atoms with van der Waals surface area (Å²) in [5.74, 6) is -0.732. The lowest BCUT2D eigenvalue weighted by atomic mass is 9.97. The maximum atomic E-state index is 13.2. The van der Waals surface area contributed by atoms with Crippen LogP contribution in [-0.4, -0.2) is 67.0 Å². The summed E-state index contributed by atoms with van der Waals surface area (Å²) in [5, 5.41) is 12.2. The van der Waals surface area contributed by atoms with E-state index in [4.69, 9.17) is 0 Å². The van der Waals surface area contributed by atoms with Crippen LogP contribution in [0.25, 0.3) is 0 Å². The molecule has 3 rings (SSSR count). The molecular weight excluding hydrogens is 413 g/mol. The molecule has 1 saturated carbocycles. The SMILES string of the molecule is CCCC(C(=O)NC1CC[C@H]2CN(S(=O)(=O)c3ccc(F)cc3)CC12)N(C)C(=O)O. The fraction of sp³-hybridized carbons (Fsp3) is 0.600. The summed E-state index contributed by atoms with van der Waals surface area (Å²) in [4.78, 5) is 25.1. The molecule has 0 aromatic heterocycles. The highest BCUT2D eigenvalue weighted by Crippen LogP contribution is 2.40. The van der Waals surface area contributed by atoms with Crippen LogP contribution in [0.3, 0.4) is 0 Å². The lowest BCUT2D eigenvalue weighted by Crippen LogP contribution is -2.51. The third-order valence-electron chi connectivity index (χ3n) is 6.24. The van der Waals surface area contributed by atoms with Gasteiger partial charge in [0.2, 0.25) is 15.9 Å². The number of carbonyl (C=O) groups excluding carboxylic acids is 1. The Balaban J connectivity index is 1.69. The molecule has 4 atom stereocenters. The third-order valence-corrected chi connectivity index (χ3v) is 8.08. The van der Waals surface area contributed by atoms with E-state index in [9.17, 15) is 27.5 Å². The van der Waals surface area contributed by atoms with E-state index in [-0.39, 0.29) is 35.2 Å². The summed E-state index contributed by atoms with van der Waals surface area (Å²) in [6, 6.07) is 3.80. The molecule has 1 heterocycles. The zero-order valence-electron chi connectivity index (χ0n) is 17.1. The molecule has 0 radical (unpaired) electrons. The van der Waals surface area contributed by atoms with Crippen molar-refractivity contribution in [3.05, 3.63) is 30.1 Å². The number of carbonyl (C=O) groups is 2. The summed E-state index contributed by atoms with van der Waals surface area (Å²) in [6.45, 7) is 2.53. The minimum absolute atomic E-state index is 0.0263. The van der Waals surface area contributed by atoms with Crippen LogP contribution in [0.4, 0.5) is 9.18 Å². The van der Waals surface area contributed by atoms with Gasteiger partial charge in [0.15, 0.2) is 0 Å². The molecule has 166 valence electrons. The van der Waals surface area contributed by atoms with Crippen molar-refractivity contribution in [3.8, 4) is 0 Å². The Morgan fingerprint density at radius 1 is 1.27 bits per heavy atom. The second-order valence-corrected chi connectivity index (χ2v) is 10.0. The summed E-state index contributed by atoms with van der Waals surface area (Å²) < 4.78 is 40.4. The van der Waals surface area contributed by atoms with E-state index in [1.807, 2.05) is 6.92 Å². The Labute approximate surface area is 176 Å². The topological polar surface area (TPSA) is 107 Å². The van der Waals surface area contributed by atoms with Crippen LogP contribution in [0, 0.1) is 17.7 Å². The van der Waals surface area contributed by atoms with Crippen molar-refractivity contribution in [2.75, 3.05) is 20.1 Å². The number of carboxylic acid groups (broad SMARTS) is 1. The second-order valence-electron chi connectivity index (χ2n) is 8.09. The minimum atomic E-state index is -3.73. The van der Waals surface area contributed by atoms with Crippen LogP contribution < -0.4 is 5.32 Å². The normalized spacial score (nSPS) is 25.0. The Morgan fingerprint density at radius 3 is 2.53 bits per heavy atom. The molecule has 2 aliphatic rings. The average molecular weight is 442 g/mol. The Hall–Kier alpha value is -2.20. The van der Waals surface area contributed by atoms with Gasteiger partial charge in [-0.1, -0.05) is 13.3 Å². The molecule has 2 fully saturated rings. The smallest absolute Gasteiger partial charge is 0.407 e. The molecule has 1 aromatic rings. The number of hydrogen-bond acceptors (Lipinski definition) is 4. The highest BCUT2D eigenvalue weighted by molar-refractivity contribution is 7.89. The molecule has 1 saturated heterocycles. The van der Waals surface area contributed by atoms with Crippen LogP contribution in [0.15, 0.2) is 29.2 Å². The van der Waals surface area contributed by atoms with Gasteiger partial charge >= 0.3 is 6.09 Å². The fourth-order valence-corrected chi connectivity index (χ4v) is 6.08. The summed E-state index contributed by atoms with van der Waals surface area (Å²) in [6.07, 6.45) is 1.45. The van der Waals surface area contributed by atoms with Gasteiger partial charge in [0.25, 0.3) is 0 Å². The average Bonchev–Trinajstić information content (AvgIpc) is 3.28. The summed E-state index contributed by atoms with van der Waals surface area (Å²) >= 11 is 0. The number of fused-ring (bicyclic) bond motifs is 1. The second kappa shape index (κ2) is 8.89. The maximum absolute atomic E-state index is 13.2. The number of sulfonamides is 1. The van der Waals surface area contributed by atoms with Gasteiger partial charge in [-0.2, -0.15) is 4.31 Å². The molecule has 2 amide bonds. The van der Waals surface area contributed by atoms with E-state index in [1.165, 1.54) is 23.5 Å². The van der Waals surface area contributed by atoms with Crippen LogP contribution in [0.1, 0.15) is 32.6 Å². The van der Waals surface area contributed by atoms with Gasteiger partial charge < -0.3 is 10.4 Å². The number of nitrogens with one attached hydrogen (secondary N) is 1. The van der Waals surface area contributed by atoms with Crippen LogP contribution in [0.2, 0.25) is 0 Å². The zero-order valence-corrected chi connectivity index (χ0v) is 17.9. The van der Waals surface area contributed by atoms with Crippen LogP contribution >= 0.6 is 0 Å². The van der Waals surface area contributed by atoms with E-state index in [0.717, 1.165) is 29.9 Å². The van der Waals surface area contributed by atoms with Crippen molar-refractivity contribution >= 4 is 22.0 Å². The van der Waals surface area contributed by atoms with Gasteiger partial charge in [0.05, 0.1) is 4.90 Å². The first kappa shape index (κ1) is 22.5. The Bertz CT molecular complexity index is 892. The van der Waals surface area contributed by atoms with Crippen molar-refractivity contribution in [2.45, 2.75) is 49.6 Å². The number of halogens is 1. The van der Waals surface area contributed by atoms with Gasteiger partial charge in [-0.05, 0) is 55.4 Å². The van der Waals surface area contributed by atoms with E-state index in [0.29, 0.717) is 19.4 Å². The fourth-order valence-electron chi connectivity index (χ4n) is 4.54. The molecule has 2 N–H and O–H groups in total. The van der Waals surface area contributed by atoms with Crippen molar-refractivity contribution in [1.29, 1.82) is 0 Å². The van der Waals surface area contributed by atoms with Gasteiger partial charge in [-0.15, -0.1) is 0 Å².